The number of likely N-dealkylation sites (N-methyl/N-ethyl adjacent to an activating group) is 1. The largest absolute Gasteiger partial charge is 0.508 e. The minimum absolute atomic E-state index is 0.0186. The maximum atomic E-state index is 9.28. The fraction of sp³-hybridized carbons (Fsp3) is 0.400. The fourth-order valence-electron chi connectivity index (χ4n) is 1.23. The lowest BCUT2D eigenvalue weighted by molar-refractivity contribution is 0.183. The number of phenolic OH excluding ortho intramolecular Hbond substituents is 2. The van der Waals surface area contributed by atoms with E-state index in [2.05, 4.69) is 5.32 Å². The summed E-state index contributed by atoms with van der Waals surface area (Å²) in [7, 11) is 1.71. The van der Waals surface area contributed by atoms with Gasteiger partial charge in [-0.1, -0.05) is 0 Å². The van der Waals surface area contributed by atoms with Gasteiger partial charge in [-0.05, 0) is 31.7 Å². The SMILES string of the molecule is CNC(C)(CO)c1cc(O)cc(O)c1. The van der Waals surface area contributed by atoms with Gasteiger partial charge in [0.05, 0.1) is 12.1 Å². The summed E-state index contributed by atoms with van der Waals surface area (Å²) >= 11 is 0. The van der Waals surface area contributed by atoms with Crippen LogP contribution in [0.3, 0.4) is 0 Å². The minimum Gasteiger partial charge on any atom is -0.508 e. The summed E-state index contributed by atoms with van der Waals surface area (Å²) in [5, 5.41) is 30.7. The molecule has 0 fully saturated rings. The summed E-state index contributed by atoms with van der Waals surface area (Å²) in [5.74, 6) is -0.0372. The van der Waals surface area contributed by atoms with Gasteiger partial charge in [-0.3, -0.25) is 0 Å². The molecule has 0 saturated carbocycles. The van der Waals surface area contributed by atoms with Crippen molar-refractivity contribution in [2.45, 2.75) is 12.5 Å². The van der Waals surface area contributed by atoms with Crippen molar-refractivity contribution in [3.63, 3.8) is 0 Å². The Morgan fingerprint density at radius 1 is 1.21 bits per heavy atom. The zero-order valence-corrected chi connectivity index (χ0v) is 8.28. The van der Waals surface area contributed by atoms with E-state index in [1.807, 2.05) is 0 Å². The lowest BCUT2D eigenvalue weighted by atomic mass is 9.93. The quantitative estimate of drug-likeness (QED) is 0.570. The van der Waals surface area contributed by atoms with E-state index in [1.54, 1.807) is 14.0 Å². The minimum atomic E-state index is -0.657. The lowest BCUT2D eigenvalue weighted by Gasteiger charge is -2.27. The highest BCUT2D eigenvalue weighted by Crippen LogP contribution is 2.28. The van der Waals surface area contributed by atoms with Crippen molar-refractivity contribution in [2.24, 2.45) is 0 Å². The van der Waals surface area contributed by atoms with Crippen LogP contribution in [0.15, 0.2) is 18.2 Å². The zero-order valence-electron chi connectivity index (χ0n) is 8.28. The first-order valence-electron chi connectivity index (χ1n) is 4.35. The molecule has 0 amide bonds. The van der Waals surface area contributed by atoms with Crippen LogP contribution >= 0.6 is 0 Å². The molecule has 0 bridgehead atoms. The van der Waals surface area contributed by atoms with Crippen LogP contribution in [0.1, 0.15) is 12.5 Å². The molecule has 14 heavy (non-hydrogen) atoms. The summed E-state index contributed by atoms with van der Waals surface area (Å²) in [5.41, 5.74) is -0.0176. The van der Waals surface area contributed by atoms with Crippen molar-refractivity contribution in [3.05, 3.63) is 23.8 Å². The molecule has 0 aromatic heterocycles. The van der Waals surface area contributed by atoms with Crippen molar-refractivity contribution < 1.29 is 15.3 Å². The molecule has 4 nitrogen and oxygen atoms in total. The average Bonchev–Trinajstić information content (AvgIpc) is 2.15. The van der Waals surface area contributed by atoms with Crippen molar-refractivity contribution in [1.29, 1.82) is 0 Å². The van der Waals surface area contributed by atoms with Crippen molar-refractivity contribution in [1.82, 2.24) is 5.32 Å². The Kier molecular flexibility index (Phi) is 2.98. The van der Waals surface area contributed by atoms with E-state index in [1.165, 1.54) is 18.2 Å². The van der Waals surface area contributed by atoms with Crippen molar-refractivity contribution in [2.75, 3.05) is 13.7 Å². The third-order valence-electron chi connectivity index (χ3n) is 2.41. The monoisotopic (exact) mass is 197 g/mol. The second kappa shape index (κ2) is 3.86. The van der Waals surface area contributed by atoms with E-state index in [0.717, 1.165) is 0 Å². The first-order chi connectivity index (χ1) is 6.51. The van der Waals surface area contributed by atoms with Gasteiger partial charge in [0.1, 0.15) is 11.5 Å². The Balaban J connectivity index is 3.17. The molecule has 4 heteroatoms. The molecule has 0 saturated heterocycles. The summed E-state index contributed by atoms with van der Waals surface area (Å²) in [6, 6.07) is 4.26. The van der Waals surface area contributed by atoms with Gasteiger partial charge in [-0.25, -0.2) is 0 Å². The average molecular weight is 197 g/mol. The summed E-state index contributed by atoms with van der Waals surface area (Å²) in [6.07, 6.45) is 0. The molecular formula is C10H15NO3. The molecule has 4 N–H and O–H groups in total. The van der Waals surface area contributed by atoms with Gasteiger partial charge in [-0.2, -0.15) is 0 Å². The Labute approximate surface area is 82.8 Å². The molecule has 0 aliphatic heterocycles. The number of phenols is 2. The van der Waals surface area contributed by atoms with Crippen LogP contribution in [-0.2, 0) is 5.54 Å². The highest BCUT2D eigenvalue weighted by Gasteiger charge is 2.24. The zero-order chi connectivity index (χ0) is 10.8. The van der Waals surface area contributed by atoms with Crippen LogP contribution in [0.25, 0.3) is 0 Å². The molecule has 1 unspecified atom stereocenters. The van der Waals surface area contributed by atoms with Crippen LogP contribution < -0.4 is 5.32 Å². The second-order valence-electron chi connectivity index (χ2n) is 3.48. The third-order valence-corrected chi connectivity index (χ3v) is 2.41. The molecule has 1 rings (SSSR count). The number of nitrogens with one attached hydrogen (secondary N) is 1. The first-order valence-corrected chi connectivity index (χ1v) is 4.35. The standard InChI is InChI=1S/C10H15NO3/c1-10(6-12,11-2)7-3-8(13)5-9(14)4-7/h3-5,11-14H,6H2,1-2H3. The van der Waals surface area contributed by atoms with Gasteiger partial charge in [-0.15, -0.1) is 0 Å². The smallest absolute Gasteiger partial charge is 0.119 e. The van der Waals surface area contributed by atoms with Crippen LogP contribution in [0, 0.1) is 0 Å². The summed E-state index contributed by atoms with van der Waals surface area (Å²) in [6.45, 7) is 1.66. The van der Waals surface area contributed by atoms with E-state index in [4.69, 9.17) is 0 Å². The Morgan fingerprint density at radius 2 is 1.71 bits per heavy atom. The molecule has 1 aromatic rings. The highest BCUT2D eigenvalue weighted by molar-refractivity contribution is 5.39. The van der Waals surface area contributed by atoms with Gasteiger partial charge in [0.25, 0.3) is 0 Å². The summed E-state index contributed by atoms with van der Waals surface area (Å²) in [4.78, 5) is 0. The predicted octanol–water partition coefficient (Wildman–Crippen LogP) is 0.525. The molecule has 1 aromatic carbocycles. The van der Waals surface area contributed by atoms with Gasteiger partial charge in [0.2, 0.25) is 0 Å². The number of rotatable bonds is 3. The molecule has 0 aliphatic carbocycles. The molecule has 0 spiro atoms. The number of aromatic hydroxyl groups is 2. The molecular weight excluding hydrogens is 182 g/mol. The van der Waals surface area contributed by atoms with E-state index >= 15 is 0 Å². The molecule has 78 valence electrons. The van der Waals surface area contributed by atoms with Crippen LogP contribution in [-0.4, -0.2) is 29.0 Å². The number of aliphatic hydroxyl groups is 1. The molecule has 0 heterocycles. The van der Waals surface area contributed by atoms with Gasteiger partial charge in [0, 0.05) is 6.07 Å². The van der Waals surface area contributed by atoms with Gasteiger partial charge < -0.3 is 20.6 Å². The van der Waals surface area contributed by atoms with E-state index < -0.39 is 5.54 Å². The topological polar surface area (TPSA) is 72.7 Å². The number of hydrogen-bond acceptors (Lipinski definition) is 4. The summed E-state index contributed by atoms with van der Waals surface area (Å²) < 4.78 is 0. The maximum absolute atomic E-state index is 9.28. The van der Waals surface area contributed by atoms with Crippen LogP contribution in [0.2, 0.25) is 0 Å². The van der Waals surface area contributed by atoms with E-state index in [9.17, 15) is 15.3 Å². The van der Waals surface area contributed by atoms with Crippen LogP contribution in [0.5, 0.6) is 11.5 Å². The van der Waals surface area contributed by atoms with Gasteiger partial charge in [0.15, 0.2) is 0 Å². The third kappa shape index (κ3) is 1.97. The van der Waals surface area contributed by atoms with Crippen LogP contribution in [0.4, 0.5) is 0 Å². The highest BCUT2D eigenvalue weighted by atomic mass is 16.3. The number of aliphatic hydroxyl groups excluding tert-OH is 1. The maximum Gasteiger partial charge on any atom is 0.119 e. The molecule has 1 atom stereocenters. The first kappa shape index (κ1) is 10.8. The Bertz CT molecular complexity index is 301. The van der Waals surface area contributed by atoms with Crippen molar-refractivity contribution in [3.8, 4) is 11.5 Å². The molecule has 0 radical (unpaired) electrons. The normalized spacial score (nSPS) is 15.1. The predicted molar refractivity (Wildman–Crippen MR) is 53.3 cm³/mol. The lowest BCUT2D eigenvalue weighted by Crippen LogP contribution is -2.40. The van der Waals surface area contributed by atoms with Crippen molar-refractivity contribution >= 4 is 0 Å². The number of hydrogen-bond donors (Lipinski definition) is 4. The number of benzene rings is 1. The van der Waals surface area contributed by atoms with Gasteiger partial charge >= 0.3 is 0 Å². The fourth-order valence-corrected chi connectivity index (χ4v) is 1.23. The Hall–Kier alpha value is -1.26. The van der Waals surface area contributed by atoms with E-state index in [-0.39, 0.29) is 18.1 Å². The molecule has 0 aliphatic rings. The second-order valence-corrected chi connectivity index (χ2v) is 3.48. The Morgan fingerprint density at radius 3 is 2.07 bits per heavy atom. The van der Waals surface area contributed by atoms with E-state index in [0.29, 0.717) is 5.56 Å².